The van der Waals surface area contributed by atoms with E-state index in [0.717, 1.165) is 11.8 Å². The minimum absolute atomic E-state index is 0.0190. The monoisotopic (exact) mass is 424 g/mol. The summed E-state index contributed by atoms with van der Waals surface area (Å²) in [5.74, 6) is -5.34. The molecule has 160 valence electrons. The highest BCUT2D eigenvalue weighted by molar-refractivity contribution is 5.93. The molecule has 2 aromatic rings. The molecule has 2 heterocycles. The molecule has 1 fully saturated rings. The van der Waals surface area contributed by atoms with Crippen LogP contribution in [0, 0.1) is 5.82 Å². The molecule has 0 unspecified atom stereocenters. The van der Waals surface area contributed by atoms with Gasteiger partial charge in [-0.05, 0) is 17.7 Å². The average molecular weight is 424 g/mol. The second-order valence-corrected chi connectivity index (χ2v) is 6.97. The normalized spacial score (nSPS) is 17.8. The summed E-state index contributed by atoms with van der Waals surface area (Å²) in [7, 11) is 0. The minimum Gasteiger partial charge on any atom is -0.391 e. The number of aromatic nitrogens is 2. The number of carbonyl (C=O) groups is 2. The minimum atomic E-state index is -3.17. The smallest absolute Gasteiger partial charge is 0.270 e. The van der Waals surface area contributed by atoms with Gasteiger partial charge in [-0.1, -0.05) is 12.1 Å². The number of halogens is 3. The Morgan fingerprint density at radius 2 is 2.00 bits per heavy atom. The number of alkyl halides is 2. The zero-order valence-electron chi connectivity index (χ0n) is 15.9. The molecular formula is C19H19F3N4O4. The number of amides is 2. The van der Waals surface area contributed by atoms with Crippen LogP contribution in [-0.2, 0) is 17.9 Å². The Hall–Kier alpha value is -3.21. The Balaban J connectivity index is 1.91. The Labute approximate surface area is 168 Å². The van der Waals surface area contributed by atoms with Crippen LogP contribution in [0.3, 0.4) is 0 Å². The quantitative estimate of drug-likeness (QED) is 0.669. The van der Waals surface area contributed by atoms with Crippen molar-refractivity contribution in [3.8, 4) is 0 Å². The van der Waals surface area contributed by atoms with Crippen LogP contribution in [0.15, 0.2) is 29.1 Å². The highest BCUT2D eigenvalue weighted by Gasteiger charge is 2.48. The first-order chi connectivity index (χ1) is 14.1. The molecule has 0 aliphatic carbocycles. The zero-order valence-corrected chi connectivity index (χ0v) is 15.9. The van der Waals surface area contributed by atoms with Crippen LogP contribution in [0.4, 0.5) is 13.2 Å². The first-order valence-electron chi connectivity index (χ1n) is 9.03. The fourth-order valence-corrected chi connectivity index (χ4v) is 3.27. The van der Waals surface area contributed by atoms with Crippen molar-refractivity contribution < 1.29 is 27.9 Å². The number of hydrogen-bond acceptors (Lipinski definition) is 5. The molecule has 1 atom stereocenters. The van der Waals surface area contributed by atoms with E-state index in [1.807, 2.05) is 0 Å². The number of nitrogens with zero attached hydrogens (tertiary/aromatic N) is 2. The van der Waals surface area contributed by atoms with Gasteiger partial charge in [0.05, 0.1) is 24.8 Å². The van der Waals surface area contributed by atoms with E-state index in [0.29, 0.717) is 5.56 Å². The molecule has 30 heavy (non-hydrogen) atoms. The molecule has 0 spiro atoms. The number of hydrogen-bond donors (Lipinski definition) is 3. The van der Waals surface area contributed by atoms with Crippen LogP contribution in [0.5, 0.6) is 0 Å². The van der Waals surface area contributed by atoms with Crippen molar-refractivity contribution in [3.05, 3.63) is 63.1 Å². The van der Waals surface area contributed by atoms with Crippen molar-refractivity contribution >= 4 is 11.8 Å². The summed E-state index contributed by atoms with van der Waals surface area (Å²) in [5, 5.41) is 12.0. The lowest BCUT2D eigenvalue weighted by Gasteiger charge is -2.22. The Bertz CT molecular complexity index is 1020. The summed E-state index contributed by atoms with van der Waals surface area (Å²) < 4.78 is 40.7. The second kappa shape index (κ2) is 8.27. The molecule has 2 amide bonds. The fraction of sp³-hybridized carbons (Fsp3) is 0.368. The van der Waals surface area contributed by atoms with Gasteiger partial charge in [0.1, 0.15) is 17.3 Å². The third-order valence-corrected chi connectivity index (χ3v) is 4.76. The van der Waals surface area contributed by atoms with E-state index in [1.165, 1.54) is 24.3 Å². The third-order valence-electron chi connectivity index (χ3n) is 4.76. The van der Waals surface area contributed by atoms with E-state index in [9.17, 15) is 32.7 Å². The molecule has 1 aliphatic heterocycles. The summed E-state index contributed by atoms with van der Waals surface area (Å²) in [6.45, 7) is -0.538. The van der Waals surface area contributed by atoms with Crippen molar-refractivity contribution in [2.75, 3.05) is 6.54 Å². The maximum atomic E-state index is 13.9. The van der Waals surface area contributed by atoms with Gasteiger partial charge in [-0.3, -0.25) is 14.4 Å². The van der Waals surface area contributed by atoms with Gasteiger partial charge in [-0.25, -0.2) is 18.2 Å². The Morgan fingerprint density at radius 3 is 2.60 bits per heavy atom. The zero-order chi connectivity index (χ0) is 22.1. The summed E-state index contributed by atoms with van der Waals surface area (Å²) in [5.41, 5.74) is -1.07. The van der Waals surface area contributed by atoms with Gasteiger partial charge >= 0.3 is 0 Å². The van der Waals surface area contributed by atoms with Gasteiger partial charge in [-0.2, -0.15) is 0 Å². The summed E-state index contributed by atoms with van der Waals surface area (Å²) in [6.07, 6.45) is -0.759. The standard InChI is InChI=1S/C19H19F3N4O4/c1-10(28)26-9-19(21,22)6-14(26)16-24-15(13(8-27)17(29)25-16)18(30)23-7-11-2-4-12(20)5-3-11/h2-5,14,27H,6-9H2,1H3,(H,23,30)(H,24,25,29)/t14-/m0/s1. The molecule has 11 heteroatoms. The first kappa shape index (κ1) is 21.5. The molecule has 0 radical (unpaired) electrons. The number of rotatable bonds is 5. The van der Waals surface area contributed by atoms with Gasteiger partial charge in [0.25, 0.3) is 17.4 Å². The molecule has 3 N–H and O–H groups in total. The van der Waals surface area contributed by atoms with Crippen molar-refractivity contribution in [2.45, 2.75) is 38.5 Å². The van der Waals surface area contributed by atoms with Gasteiger partial charge in [0.15, 0.2) is 0 Å². The van der Waals surface area contributed by atoms with Crippen LogP contribution < -0.4 is 10.9 Å². The van der Waals surface area contributed by atoms with Crippen LogP contribution in [-0.4, -0.2) is 44.3 Å². The van der Waals surface area contributed by atoms with E-state index in [4.69, 9.17) is 0 Å². The summed E-state index contributed by atoms with van der Waals surface area (Å²) in [6, 6.07) is 4.10. The topological polar surface area (TPSA) is 115 Å². The largest absolute Gasteiger partial charge is 0.391 e. The Morgan fingerprint density at radius 1 is 1.33 bits per heavy atom. The lowest BCUT2D eigenvalue weighted by Crippen LogP contribution is -2.34. The van der Waals surface area contributed by atoms with Gasteiger partial charge in [-0.15, -0.1) is 0 Å². The lowest BCUT2D eigenvalue weighted by molar-refractivity contribution is -0.131. The number of carbonyl (C=O) groups excluding carboxylic acids is 2. The third kappa shape index (κ3) is 4.51. The number of aromatic amines is 1. The average Bonchev–Trinajstić information content (AvgIpc) is 3.02. The predicted octanol–water partition coefficient (Wildman–Crippen LogP) is 1.26. The van der Waals surface area contributed by atoms with Gasteiger partial charge in [0.2, 0.25) is 5.91 Å². The number of nitrogens with one attached hydrogen (secondary N) is 2. The second-order valence-electron chi connectivity index (χ2n) is 6.97. The number of aliphatic hydroxyl groups excluding tert-OH is 1. The van der Waals surface area contributed by atoms with Crippen molar-refractivity contribution in [1.82, 2.24) is 20.2 Å². The lowest BCUT2D eigenvalue weighted by atomic mass is 10.1. The highest BCUT2D eigenvalue weighted by Crippen LogP contribution is 2.39. The number of likely N-dealkylation sites (tertiary alicyclic amines) is 1. The van der Waals surface area contributed by atoms with Crippen LogP contribution in [0.25, 0.3) is 0 Å². The molecular weight excluding hydrogens is 405 g/mol. The molecule has 1 aromatic carbocycles. The van der Waals surface area contributed by atoms with Gasteiger partial charge < -0.3 is 20.3 Å². The molecule has 1 aliphatic rings. The fourth-order valence-electron chi connectivity index (χ4n) is 3.27. The maximum absolute atomic E-state index is 13.9. The van der Waals surface area contributed by atoms with E-state index >= 15 is 0 Å². The molecule has 8 nitrogen and oxygen atoms in total. The van der Waals surface area contributed by atoms with E-state index in [2.05, 4.69) is 15.3 Å². The molecule has 3 rings (SSSR count). The number of H-pyrrole nitrogens is 1. The SMILES string of the molecule is CC(=O)N1CC(F)(F)C[C@H]1c1nc(C(=O)NCc2ccc(F)cc2)c(CO)c(=O)[nH]1. The highest BCUT2D eigenvalue weighted by atomic mass is 19.3. The number of aliphatic hydroxyl groups is 1. The van der Waals surface area contributed by atoms with Gasteiger partial charge in [0, 0.05) is 19.9 Å². The molecule has 1 aromatic heterocycles. The van der Waals surface area contributed by atoms with E-state index in [-0.39, 0.29) is 17.9 Å². The predicted molar refractivity (Wildman–Crippen MR) is 98.0 cm³/mol. The summed E-state index contributed by atoms with van der Waals surface area (Å²) >= 11 is 0. The van der Waals surface area contributed by atoms with Crippen LogP contribution in [0.2, 0.25) is 0 Å². The molecule has 0 bridgehead atoms. The summed E-state index contributed by atoms with van der Waals surface area (Å²) in [4.78, 5) is 43.8. The molecule has 1 saturated heterocycles. The van der Waals surface area contributed by atoms with Crippen LogP contribution >= 0.6 is 0 Å². The van der Waals surface area contributed by atoms with Crippen molar-refractivity contribution in [1.29, 1.82) is 0 Å². The van der Waals surface area contributed by atoms with E-state index in [1.54, 1.807) is 0 Å². The van der Waals surface area contributed by atoms with Crippen LogP contribution in [0.1, 0.15) is 46.8 Å². The van der Waals surface area contributed by atoms with Crippen molar-refractivity contribution in [3.63, 3.8) is 0 Å². The first-order valence-corrected chi connectivity index (χ1v) is 9.03. The number of benzene rings is 1. The van der Waals surface area contributed by atoms with E-state index < -0.39 is 60.4 Å². The van der Waals surface area contributed by atoms with Crippen molar-refractivity contribution in [2.24, 2.45) is 0 Å². The molecule has 0 saturated carbocycles. The maximum Gasteiger partial charge on any atom is 0.270 e. The Kier molecular flexibility index (Phi) is 5.92.